The van der Waals surface area contributed by atoms with Crippen LogP contribution in [-0.2, 0) is 16.6 Å². The number of aromatic nitrogens is 2. The molecule has 1 aliphatic rings. The lowest BCUT2D eigenvalue weighted by Crippen LogP contribution is -2.48. The summed E-state index contributed by atoms with van der Waals surface area (Å²) < 4.78 is 40.3. The van der Waals surface area contributed by atoms with Crippen molar-refractivity contribution in [1.82, 2.24) is 19.2 Å². The largest absolute Gasteiger partial charge is 0.323 e. The highest BCUT2D eigenvalue weighted by Crippen LogP contribution is 2.21. The maximum absolute atomic E-state index is 13.0. The number of benzene rings is 2. The van der Waals surface area contributed by atoms with E-state index in [1.54, 1.807) is 18.2 Å². The van der Waals surface area contributed by atoms with Gasteiger partial charge in [-0.05, 0) is 35.9 Å². The predicted molar refractivity (Wildman–Crippen MR) is 99.4 cm³/mol. The van der Waals surface area contributed by atoms with Crippen LogP contribution in [0.15, 0.2) is 52.2 Å². The molecule has 0 saturated carbocycles. The second kappa shape index (κ2) is 6.91. The van der Waals surface area contributed by atoms with Crippen molar-refractivity contribution in [3.05, 3.63) is 64.3 Å². The third-order valence-corrected chi connectivity index (χ3v) is 6.67. The first-order chi connectivity index (χ1) is 12.9. The molecular formula is C18H19FN4O3S. The van der Waals surface area contributed by atoms with Crippen LogP contribution in [0.25, 0.3) is 11.0 Å². The molecule has 2 aromatic carbocycles. The summed E-state index contributed by atoms with van der Waals surface area (Å²) in [5.41, 5.74) is 1.67. The van der Waals surface area contributed by atoms with Gasteiger partial charge >= 0.3 is 5.69 Å². The average Bonchev–Trinajstić information content (AvgIpc) is 3.03. The number of imidazole rings is 1. The van der Waals surface area contributed by atoms with Crippen molar-refractivity contribution in [1.29, 1.82) is 0 Å². The molecule has 4 rings (SSSR count). The van der Waals surface area contributed by atoms with Crippen molar-refractivity contribution >= 4 is 21.1 Å². The maximum atomic E-state index is 13.0. The number of hydrogen-bond acceptors (Lipinski definition) is 4. The Morgan fingerprint density at radius 1 is 0.926 bits per heavy atom. The van der Waals surface area contributed by atoms with Crippen molar-refractivity contribution in [2.45, 2.75) is 11.4 Å². The van der Waals surface area contributed by atoms with Gasteiger partial charge < -0.3 is 9.97 Å². The van der Waals surface area contributed by atoms with Crippen LogP contribution in [0.5, 0.6) is 0 Å². The van der Waals surface area contributed by atoms with Crippen LogP contribution in [-0.4, -0.2) is 53.8 Å². The Labute approximate surface area is 155 Å². The topological polar surface area (TPSA) is 89.3 Å². The van der Waals surface area contributed by atoms with Gasteiger partial charge in [0.1, 0.15) is 5.82 Å². The first-order valence-electron chi connectivity index (χ1n) is 8.61. The number of aromatic amines is 2. The molecule has 0 aliphatic carbocycles. The van der Waals surface area contributed by atoms with Crippen LogP contribution < -0.4 is 5.69 Å². The first-order valence-corrected chi connectivity index (χ1v) is 10.0. The van der Waals surface area contributed by atoms with E-state index >= 15 is 0 Å². The molecule has 1 aromatic heterocycles. The molecule has 0 spiro atoms. The van der Waals surface area contributed by atoms with Crippen molar-refractivity contribution in [2.24, 2.45) is 0 Å². The van der Waals surface area contributed by atoms with Gasteiger partial charge in [-0.3, -0.25) is 4.90 Å². The molecule has 9 heteroatoms. The Bertz CT molecular complexity index is 1110. The van der Waals surface area contributed by atoms with Crippen molar-refractivity contribution in [3.63, 3.8) is 0 Å². The lowest BCUT2D eigenvalue weighted by Gasteiger charge is -2.34. The highest BCUT2D eigenvalue weighted by Gasteiger charge is 2.28. The van der Waals surface area contributed by atoms with Crippen molar-refractivity contribution in [2.75, 3.05) is 26.2 Å². The summed E-state index contributed by atoms with van der Waals surface area (Å²) >= 11 is 0. The Hall–Kier alpha value is -2.49. The van der Waals surface area contributed by atoms with Gasteiger partial charge in [0.25, 0.3) is 0 Å². The second-order valence-corrected chi connectivity index (χ2v) is 8.53. The van der Waals surface area contributed by atoms with Gasteiger partial charge in [-0.2, -0.15) is 4.31 Å². The number of sulfonamides is 1. The van der Waals surface area contributed by atoms with Crippen molar-refractivity contribution in [3.8, 4) is 0 Å². The third-order valence-electron chi connectivity index (χ3n) is 4.78. The molecule has 7 nitrogen and oxygen atoms in total. The Kier molecular flexibility index (Phi) is 4.58. The van der Waals surface area contributed by atoms with Gasteiger partial charge in [-0.1, -0.05) is 12.1 Å². The lowest BCUT2D eigenvalue weighted by molar-refractivity contribution is 0.181. The summed E-state index contributed by atoms with van der Waals surface area (Å²) in [7, 11) is -3.62. The number of piperazine rings is 1. The molecule has 2 N–H and O–H groups in total. The number of hydrogen-bond donors (Lipinski definition) is 2. The van der Waals surface area contributed by atoms with E-state index in [1.807, 2.05) is 0 Å². The van der Waals surface area contributed by atoms with Crippen LogP contribution in [0, 0.1) is 5.82 Å². The Morgan fingerprint density at radius 2 is 1.59 bits per heavy atom. The van der Waals surface area contributed by atoms with Crippen LogP contribution in [0.1, 0.15) is 5.56 Å². The van der Waals surface area contributed by atoms with E-state index in [-0.39, 0.29) is 16.4 Å². The normalized spacial score (nSPS) is 16.8. The van der Waals surface area contributed by atoms with E-state index in [1.165, 1.54) is 28.6 Å². The van der Waals surface area contributed by atoms with E-state index in [0.717, 1.165) is 5.56 Å². The molecule has 0 atom stereocenters. The zero-order valence-electron chi connectivity index (χ0n) is 14.5. The third kappa shape index (κ3) is 3.66. The maximum Gasteiger partial charge on any atom is 0.323 e. The molecule has 1 aliphatic heterocycles. The minimum Gasteiger partial charge on any atom is -0.306 e. The predicted octanol–water partition coefficient (Wildman–Crippen LogP) is 1.50. The van der Waals surface area contributed by atoms with E-state index in [9.17, 15) is 17.6 Å². The molecule has 0 amide bonds. The summed E-state index contributed by atoms with van der Waals surface area (Å²) in [6.45, 7) is 2.61. The Morgan fingerprint density at radius 3 is 2.30 bits per heavy atom. The second-order valence-electron chi connectivity index (χ2n) is 6.59. The molecule has 0 bridgehead atoms. The van der Waals surface area contributed by atoms with Crippen molar-refractivity contribution < 1.29 is 12.8 Å². The highest BCUT2D eigenvalue weighted by atomic mass is 32.2. The molecule has 27 heavy (non-hydrogen) atoms. The average molecular weight is 390 g/mol. The molecule has 0 radical (unpaired) electrons. The smallest absolute Gasteiger partial charge is 0.306 e. The van der Waals surface area contributed by atoms with Crippen LogP contribution >= 0.6 is 0 Å². The fraction of sp³-hybridized carbons (Fsp3) is 0.278. The van der Waals surface area contributed by atoms with Crippen LogP contribution in [0.3, 0.4) is 0 Å². The van der Waals surface area contributed by atoms with Crippen LogP contribution in [0.2, 0.25) is 0 Å². The molecular weight excluding hydrogens is 371 g/mol. The van der Waals surface area contributed by atoms with Gasteiger partial charge in [0.05, 0.1) is 15.9 Å². The lowest BCUT2D eigenvalue weighted by atomic mass is 10.2. The van der Waals surface area contributed by atoms with Gasteiger partial charge in [0.15, 0.2) is 0 Å². The monoisotopic (exact) mass is 390 g/mol. The van der Waals surface area contributed by atoms with E-state index < -0.39 is 10.0 Å². The number of halogens is 1. The number of rotatable bonds is 4. The van der Waals surface area contributed by atoms with Gasteiger partial charge in [0, 0.05) is 32.7 Å². The standard InChI is InChI=1S/C18H19FN4O3S/c19-14-3-1-13(2-4-14)12-22-7-9-23(10-8-22)27(25,26)15-5-6-16-17(11-15)21-18(24)20-16/h1-6,11H,7-10,12H2,(H2,20,21,24). The molecule has 3 aromatic rings. The summed E-state index contributed by atoms with van der Waals surface area (Å²) in [4.78, 5) is 18.9. The van der Waals surface area contributed by atoms with E-state index in [0.29, 0.717) is 43.8 Å². The summed E-state index contributed by atoms with van der Waals surface area (Å²) in [6.07, 6.45) is 0. The number of H-pyrrole nitrogens is 2. The number of nitrogens with zero attached hydrogens (tertiary/aromatic N) is 2. The number of fused-ring (bicyclic) bond motifs is 1. The SMILES string of the molecule is O=c1[nH]c2ccc(S(=O)(=O)N3CCN(Cc4ccc(F)cc4)CC3)cc2[nH]1. The minimum absolute atomic E-state index is 0.164. The van der Waals surface area contributed by atoms with Gasteiger partial charge in [-0.25, -0.2) is 17.6 Å². The molecule has 2 heterocycles. The molecule has 0 unspecified atom stereocenters. The molecule has 1 fully saturated rings. The first kappa shape index (κ1) is 17.9. The number of nitrogens with one attached hydrogen (secondary N) is 2. The van der Waals surface area contributed by atoms with E-state index in [4.69, 9.17) is 0 Å². The fourth-order valence-electron chi connectivity index (χ4n) is 3.30. The molecule has 1 saturated heterocycles. The van der Waals surface area contributed by atoms with Crippen LogP contribution in [0.4, 0.5) is 4.39 Å². The highest BCUT2D eigenvalue weighted by molar-refractivity contribution is 7.89. The zero-order valence-corrected chi connectivity index (χ0v) is 15.3. The zero-order chi connectivity index (χ0) is 19.0. The van der Waals surface area contributed by atoms with Gasteiger partial charge in [0.2, 0.25) is 10.0 Å². The minimum atomic E-state index is -3.62. The van der Waals surface area contributed by atoms with Gasteiger partial charge in [-0.15, -0.1) is 0 Å². The summed E-state index contributed by atoms with van der Waals surface area (Å²) in [5, 5.41) is 0. The fourth-order valence-corrected chi connectivity index (χ4v) is 4.75. The quantitative estimate of drug-likeness (QED) is 0.707. The summed E-state index contributed by atoms with van der Waals surface area (Å²) in [5.74, 6) is -0.268. The Balaban J connectivity index is 1.45. The van der Waals surface area contributed by atoms with E-state index in [2.05, 4.69) is 14.9 Å². The summed E-state index contributed by atoms with van der Waals surface area (Å²) in [6, 6.07) is 10.9. The molecule has 142 valence electrons.